The molecule has 112 valence electrons. The smallest absolute Gasteiger partial charge is 0.251 e. The number of nitrogens with one attached hydrogen (secondary N) is 1. The summed E-state index contributed by atoms with van der Waals surface area (Å²) in [5.41, 5.74) is 4.65. The van der Waals surface area contributed by atoms with Crippen molar-refractivity contribution >= 4 is 17.5 Å². The lowest BCUT2D eigenvalue weighted by molar-refractivity contribution is -0.117. The van der Waals surface area contributed by atoms with Gasteiger partial charge in [0.25, 0.3) is 5.91 Å². The second kappa shape index (κ2) is 5.64. The van der Waals surface area contributed by atoms with Crippen molar-refractivity contribution in [1.29, 1.82) is 0 Å². The van der Waals surface area contributed by atoms with Crippen LogP contribution in [0.2, 0.25) is 0 Å². The van der Waals surface area contributed by atoms with E-state index in [4.69, 9.17) is 0 Å². The Labute approximate surface area is 129 Å². The molecule has 1 heterocycles. The molecule has 4 heteroatoms. The van der Waals surface area contributed by atoms with Gasteiger partial charge in [-0.1, -0.05) is 29.8 Å². The van der Waals surface area contributed by atoms with Gasteiger partial charge in [-0.2, -0.15) is 0 Å². The Bertz CT molecular complexity index is 735. The van der Waals surface area contributed by atoms with E-state index in [0.717, 1.165) is 16.8 Å². The Morgan fingerprint density at radius 2 is 1.91 bits per heavy atom. The summed E-state index contributed by atoms with van der Waals surface area (Å²) in [4.78, 5) is 25.5. The minimum atomic E-state index is -0.120. The molecular weight excluding hydrogens is 276 g/mol. The molecule has 0 spiro atoms. The first-order valence-corrected chi connectivity index (χ1v) is 7.28. The average Bonchev–Trinajstić information content (AvgIpc) is 2.80. The molecule has 1 aliphatic rings. The van der Waals surface area contributed by atoms with Gasteiger partial charge in [0.2, 0.25) is 5.91 Å². The Hall–Kier alpha value is -2.62. The molecule has 0 bridgehead atoms. The minimum Gasteiger partial charge on any atom is -0.348 e. The molecule has 0 unspecified atom stereocenters. The maximum atomic E-state index is 12.2. The summed E-state index contributed by atoms with van der Waals surface area (Å²) in [5, 5.41) is 2.91. The Morgan fingerprint density at radius 3 is 2.64 bits per heavy atom. The summed E-state index contributed by atoms with van der Waals surface area (Å²) in [6, 6.07) is 13.5. The highest BCUT2D eigenvalue weighted by Gasteiger charge is 2.24. The number of carbonyl (C=O) groups is 2. The van der Waals surface area contributed by atoms with Gasteiger partial charge in [-0.05, 0) is 36.2 Å². The monoisotopic (exact) mass is 294 g/mol. The molecule has 2 aromatic rings. The van der Waals surface area contributed by atoms with Gasteiger partial charge >= 0.3 is 0 Å². The molecule has 2 aromatic carbocycles. The van der Waals surface area contributed by atoms with Crippen LogP contribution in [0.1, 0.15) is 27.0 Å². The van der Waals surface area contributed by atoms with Crippen molar-refractivity contribution in [3.63, 3.8) is 0 Å². The molecule has 0 atom stereocenters. The lowest BCUT2D eigenvalue weighted by Crippen LogP contribution is -2.23. The molecule has 0 saturated heterocycles. The maximum Gasteiger partial charge on any atom is 0.251 e. The molecule has 0 saturated carbocycles. The van der Waals surface area contributed by atoms with E-state index < -0.39 is 0 Å². The van der Waals surface area contributed by atoms with Crippen molar-refractivity contribution in [2.24, 2.45) is 0 Å². The number of fused-ring (bicyclic) bond motifs is 1. The van der Waals surface area contributed by atoms with E-state index in [9.17, 15) is 9.59 Å². The highest BCUT2D eigenvalue weighted by Crippen LogP contribution is 2.28. The topological polar surface area (TPSA) is 49.4 Å². The van der Waals surface area contributed by atoms with Crippen LogP contribution < -0.4 is 10.2 Å². The molecule has 0 radical (unpaired) electrons. The van der Waals surface area contributed by atoms with Crippen molar-refractivity contribution in [3.05, 3.63) is 64.7 Å². The van der Waals surface area contributed by atoms with Crippen molar-refractivity contribution < 1.29 is 9.59 Å². The third-order valence-corrected chi connectivity index (χ3v) is 3.99. The minimum absolute atomic E-state index is 0.0622. The number of likely N-dealkylation sites (N-methyl/N-ethyl adjacent to an activating group) is 1. The van der Waals surface area contributed by atoms with Crippen molar-refractivity contribution in [3.8, 4) is 0 Å². The van der Waals surface area contributed by atoms with Gasteiger partial charge in [0.05, 0.1) is 6.42 Å². The fourth-order valence-electron chi connectivity index (χ4n) is 2.60. The number of anilines is 1. The van der Waals surface area contributed by atoms with Crippen molar-refractivity contribution in [1.82, 2.24) is 5.32 Å². The zero-order valence-corrected chi connectivity index (χ0v) is 12.7. The van der Waals surface area contributed by atoms with Crippen LogP contribution in [-0.4, -0.2) is 18.9 Å². The van der Waals surface area contributed by atoms with Crippen LogP contribution in [0.25, 0.3) is 0 Å². The van der Waals surface area contributed by atoms with Gasteiger partial charge in [-0.3, -0.25) is 9.59 Å². The highest BCUT2D eigenvalue weighted by molar-refractivity contribution is 6.03. The van der Waals surface area contributed by atoms with Crippen LogP contribution in [0.4, 0.5) is 5.69 Å². The summed E-state index contributed by atoms with van der Waals surface area (Å²) in [5.74, 6) is -0.0578. The molecular formula is C18H18N2O2. The quantitative estimate of drug-likeness (QED) is 0.945. The number of hydrogen-bond donors (Lipinski definition) is 1. The Balaban J connectivity index is 1.70. The van der Waals surface area contributed by atoms with Crippen LogP contribution in [-0.2, 0) is 17.8 Å². The van der Waals surface area contributed by atoms with E-state index in [0.29, 0.717) is 18.5 Å². The summed E-state index contributed by atoms with van der Waals surface area (Å²) < 4.78 is 0. The molecule has 22 heavy (non-hydrogen) atoms. The summed E-state index contributed by atoms with van der Waals surface area (Å²) >= 11 is 0. The van der Waals surface area contributed by atoms with E-state index in [2.05, 4.69) is 5.32 Å². The van der Waals surface area contributed by atoms with Gasteiger partial charge in [-0.25, -0.2) is 0 Å². The van der Waals surface area contributed by atoms with Crippen LogP contribution >= 0.6 is 0 Å². The van der Waals surface area contributed by atoms with E-state index in [1.54, 1.807) is 24.1 Å². The van der Waals surface area contributed by atoms with Gasteiger partial charge in [0, 0.05) is 24.8 Å². The fraction of sp³-hybridized carbons (Fsp3) is 0.222. The first kappa shape index (κ1) is 14.3. The number of carbonyl (C=O) groups excluding carboxylic acids is 2. The predicted octanol–water partition coefficient (Wildman–Crippen LogP) is 2.44. The molecule has 0 aliphatic carbocycles. The van der Waals surface area contributed by atoms with Crippen LogP contribution in [0.15, 0.2) is 42.5 Å². The number of rotatable bonds is 3. The zero-order valence-electron chi connectivity index (χ0n) is 12.7. The highest BCUT2D eigenvalue weighted by atomic mass is 16.2. The number of nitrogens with zero attached hydrogens (tertiary/aromatic N) is 1. The summed E-state index contributed by atoms with van der Waals surface area (Å²) in [7, 11) is 1.76. The molecule has 2 amide bonds. The SMILES string of the molecule is Cc1ccc(CNC(=O)c2ccc3c(c2)CC(=O)N3C)cc1. The normalized spacial score (nSPS) is 13.2. The molecule has 1 N–H and O–H groups in total. The zero-order chi connectivity index (χ0) is 15.7. The second-order valence-corrected chi connectivity index (χ2v) is 5.64. The number of benzene rings is 2. The largest absolute Gasteiger partial charge is 0.348 e. The molecule has 0 fully saturated rings. The first-order valence-electron chi connectivity index (χ1n) is 7.28. The Kier molecular flexibility index (Phi) is 3.67. The lowest BCUT2D eigenvalue weighted by Gasteiger charge is -2.11. The standard InChI is InChI=1S/C18H18N2O2/c1-12-3-5-13(6-4-12)11-19-18(22)14-7-8-16-15(9-14)10-17(21)20(16)2/h3-9H,10-11H2,1-2H3,(H,19,22). The molecule has 1 aliphatic heterocycles. The van der Waals surface area contributed by atoms with Gasteiger partial charge in [0.15, 0.2) is 0 Å². The van der Waals surface area contributed by atoms with Crippen LogP contribution in [0, 0.1) is 6.92 Å². The molecule has 3 rings (SSSR count). The number of aryl methyl sites for hydroxylation is 1. The van der Waals surface area contributed by atoms with E-state index in [1.165, 1.54) is 5.56 Å². The van der Waals surface area contributed by atoms with Crippen LogP contribution in [0.3, 0.4) is 0 Å². The predicted molar refractivity (Wildman–Crippen MR) is 85.9 cm³/mol. The van der Waals surface area contributed by atoms with Gasteiger partial charge < -0.3 is 10.2 Å². The second-order valence-electron chi connectivity index (χ2n) is 5.64. The maximum absolute atomic E-state index is 12.2. The first-order chi connectivity index (χ1) is 10.5. The summed E-state index contributed by atoms with van der Waals surface area (Å²) in [6.45, 7) is 2.53. The van der Waals surface area contributed by atoms with E-state index in [1.807, 2.05) is 37.3 Å². The molecule has 0 aromatic heterocycles. The number of amides is 2. The lowest BCUT2D eigenvalue weighted by atomic mass is 10.1. The van der Waals surface area contributed by atoms with E-state index >= 15 is 0 Å². The van der Waals surface area contributed by atoms with Crippen LogP contribution in [0.5, 0.6) is 0 Å². The fourth-order valence-corrected chi connectivity index (χ4v) is 2.60. The van der Waals surface area contributed by atoms with Crippen molar-refractivity contribution in [2.45, 2.75) is 19.9 Å². The van der Waals surface area contributed by atoms with Crippen molar-refractivity contribution in [2.75, 3.05) is 11.9 Å². The third kappa shape index (κ3) is 2.72. The van der Waals surface area contributed by atoms with Gasteiger partial charge in [-0.15, -0.1) is 0 Å². The Morgan fingerprint density at radius 1 is 1.18 bits per heavy atom. The third-order valence-electron chi connectivity index (χ3n) is 3.99. The average molecular weight is 294 g/mol. The van der Waals surface area contributed by atoms with Gasteiger partial charge in [0.1, 0.15) is 0 Å². The molecule has 4 nitrogen and oxygen atoms in total. The number of hydrogen-bond acceptors (Lipinski definition) is 2. The van der Waals surface area contributed by atoms with E-state index in [-0.39, 0.29) is 11.8 Å². The summed E-state index contributed by atoms with van der Waals surface area (Å²) in [6.07, 6.45) is 0.366.